The highest BCUT2D eigenvalue weighted by Gasteiger charge is 2.11. The van der Waals surface area contributed by atoms with Gasteiger partial charge in [-0.1, -0.05) is 30.0 Å². The first-order valence-electron chi connectivity index (χ1n) is 7.61. The summed E-state index contributed by atoms with van der Waals surface area (Å²) in [5.41, 5.74) is 7.52. The van der Waals surface area contributed by atoms with Crippen molar-refractivity contribution in [2.45, 2.75) is 24.8 Å². The van der Waals surface area contributed by atoms with Crippen LogP contribution in [-0.2, 0) is 5.75 Å². The van der Waals surface area contributed by atoms with Crippen LogP contribution in [0.2, 0.25) is 0 Å². The quantitative estimate of drug-likeness (QED) is 0.433. The van der Waals surface area contributed by atoms with E-state index in [1.807, 2.05) is 31.2 Å². The van der Waals surface area contributed by atoms with E-state index in [1.165, 1.54) is 11.8 Å². The van der Waals surface area contributed by atoms with Crippen LogP contribution in [0.15, 0.2) is 34.2 Å². The highest BCUT2D eigenvalue weighted by atomic mass is 32.2. The maximum atomic E-state index is 11.8. The van der Waals surface area contributed by atoms with Crippen molar-refractivity contribution in [3.63, 3.8) is 0 Å². The Balaban J connectivity index is 1.79. The van der Waals surface area contributed by atoms with Gasteiger partial charge >= 0.3 is 0 Å². The lowest BCUT2D eigenvalue weighted by Gasteiger charge is -2.09. The van der Waals surface area contributed by atoms with Gasteiger partial charge in [0.05, 0.1) is 5.75 Å². The van der Waals surface area contributed by atoms with E-state index in [4.69, 9.17) is 11.6 Å². The third-order valence-electron chi connectivity index (χ3n) is 3.44. The van der Waals surface area contributed by atoms with Crippen molar-refractivity contribution in [2.75, 3.05) is 16.9 Å². The van der Waals surface area contributed by atoms with Crippen LogP contribution >= 0.6 is 11.8 Å². The highest BCUT2D eigenvalue weighted by molar-refractivity contribution is 7.98. The first-order chi connectivity index (χ1) is 12.4. The van der Waals surface area contributed by atoms with Gasteiger partial charge in [0.15, 0.2) is 0 Å². The van der Waals surface area contributed by atoms with Crippen molar-refractivity contribution in [1.82, 2.24) is 29.8 Å². The number of benzene rings is 1. The number of nitrogens with two attached hydrogens (primary N) is 2. The van der Waals surface area contributed by atoms with E-state index in [-0.39, 0.29) is 16.8 Å². The van der Waals surface area contributed by atoms with E-state index in [1.54, 1.807) is 6.92 Å². The Labute approximate surface area is 153 Å². The topological polar surface area (TPSA) is 151 Å². The van der Waals surface area contributed by atoms with Crippen LogP contribution in [0, 0.1) is 13.8 Å². The summed E-state index contributed by atoms with van der Waals surface area (Å²) in [5.74, 6) is 6.86. The van der Waals surface area contributed by atoms with Crippen LogP contribution in [0.3, 0.4) is 0 Å². The zero-order chi connectivity index (χ0) is 18.7. The van der Waals surface area contributed by atoms with Crippen molar-refractivity contribution in [3.05, 3.63) is 51.7 Å². The summed E-state index contributed by atoms with van der Waals surface area (Å²) >= 11 is 1.18. The van der Waals surface area contributed by atoms with Gasteiger partial charge in [-0.05, 0) is 25.5 Å². The SMILES string of the molecule is Cc1ccccc1Nc1nc(N)nc(CSc2nnc(C)c(=O)n2N)n1. The van der Waals surface area contributed by atoms with Crippen molar-refractivity contribution in [2.24, 2.45) is 0 Å². The summed E-state index contributed by atoms with van der Waals surface area (Å²) in [5, 5.41) is 11.1. The molecular weight excluding hydrogens is 354 g/mol. The van der Waals surface area contributed by atoms with Gasteiger partial charge in [0.25, 0.3) is 5.56 Å². The average molecular weight is 371 g/mol. The maximum absolute atomic E-state index is 11.8. The second-order valence-corrected chi connectivity index (χ2v) is 6.35. The molecule has 0 amide bonds. The van der Waals surface area contributed by atoms with Gasteiger partial charge in [-0.3, -0.25) is 4.79 Å². The number of hydrogen-bond donors (Lipinski definition) is 3. The molecule has 11 heteroatoms. The molecule has 0 aliphatic rings. The zero-order valence-electron chi connectivity index (χ0n) is 14.2. The largest absolute Gasteiger partial charge is 0.368 e. The van der Waals surface area contributed by atoms with Crippen LogP contribution in [0.4, 0.5) is 17.6 Å². The molecule has 0 unspecified atom stereocenters. The molecule has 0 spiro atoms. The minimum Gasteiger partial charge on any atom is -0.368 e. The summed E-state index contributed by atoms with van der Waals surface area (Å²) < 4.78 is 0.948. The van der Waals surface area contributed by atoms with Crippen molar-refractivity contribution in [3.8, 4) is 0 Å². The number of aromatic nitrogens is 6. The van der Waals surface area contributed by atoms with E-state index < -0.39 is 5.56 Å². The van der Waals surface area contributed by atoms with Gasteiger partial charge in [0.2, 0.25) is 17.1 Å². The van der Waals surface area contributed by atoms with Crippen molar-refractivity contribution < 1.29 is 0 Å². The second-order valence-electron chi connectivity index (χ2n) is 5.41. The van der Waals surface area contributed by atoms with Gasteiger partial charge in [-0.15, -0.1) is 10.2 Å². The Morgan fingerprint density at radius 1 is 1.15 bits per heavy atom. The third kappa shape index (κ3) is 3.88. The monoisotopic (exact) mass is 371 g/mol. The van der Waals surface area contributed by atoms with Crippen LogP contribution in [0.25, 0.3) is 0 Å². The number of hydrogen-bond acceptors (Lipinski definition) is 10. The molecule has 0 fully saturated rings. The Kier molecular flexibility index (Phi) is 4.98. The molecule has 5 N–H and O–H groups in total. The smallest absolute Gasteiger partial charge is 0.294 e. The molecule has 3 aromatic rings. The lowest BCUT2D eigenvalue weighted by Crippen LogP contribution is -2.32. The minimum atomic E-state index is -0.403. The molecule has 0 bridgehead atoms. The van der Waals surface area contributed by atoms with Crippen molar-refractivity contribution in [1.29, 1.82) is 0 Å². The number of anilines is 3. The zero-order valence-corrected chi connectivity index (χ0v) is 15.0. The fourth-order valence-electron chi connectivity index (χ4n) is 2.09. The van der Waals surface area contributed by atoms with Crippen LogP contribution in [0.1, 0.15) is 17.1 Å². The normalized spacial score (nSPS) is 10.7. The van der Waals surface area contributed by atoms with Gasteiger partial charge in [-0.25, -0.2) is 0 Å². The molecule has 10 nitrogen and oxygen atoms in total. The Morgan fingerprint density at radius 3 is 2.69 bits per heavy atom. The summed E-state index contributed by atoms with van der Waals surface area (Å²) in [7, 11) is 0. The summed E-state index contributed by atoms with van der Waals surface area (Å²) in [6, 6.07) is 7.74. The molecule has 3 rings (SSSR count). The fourth-order valence-corrected chi connectivity index (χ4v) is 2.80. The maximum Gasteiger partial charge on any atom is 0.294 e. The van der Waals surface area contributed by atoms with Gasteiger partial charge < -0.3 is 16.9 Å². The molecule has 134 valence electrons. The minimum absolute atomic E-state index is 0.0896. The predicted molar refractivity (Wildman–Crippen MR) is 99.4 cm³/mol. The molecule has 0 saturated carbocycles. The molecule has 2 aromatic heterocycles. The van der Waals surface area contributed by atoms with E-state index in [2.05, 4.69) is 30.5 Å². The standard InChI is InChI=1S/C15H17N9OS/c1-8-5-3-4-6-10(8)18-14-20-11(19-13(16)21-14)7-26-15-23-22-9(2)12(25)24(15)17/h3-6H,7,17H2,1-2H3,(H3,16,18,19,20,21). The number of aryl methyl sites for hydroxylation is 2. The lowest BCUT2D eigenvalue weighted by molar-refractivity contribution is 0.681. The molecule has 2 heterocycles. The lowest BCUT2D eigenvalue weighted by atomic mass is 10.2. The molecule has 26 heavy (non-hydrogen) atoms. The number of nitrogen functional groups attached to an aromatic ring is 2. The summed E-state index contributed by atoms with van der Waals surface area (Å²) in [6.45, 7) is 3.52. The molecule has 0 atom stereocenters. The first-order valence-corrected chi connectivity index (χ1v) is 8.60. The molecular formula is C15H17N9OS. The van der Waals surface area contributed by atoms with Crippen LogP contribution in [-0.4, -0.2) is 29.8 Å². The van der Waals surface area contributed by atoms with Crippen molar-refractivity contribution >= 4 is 29.3 Å². The Bertz CT molecular complexity index is 1000. The average Bonchev–Trinajstić information content (AvgIpc) is 2.61. The van der Waals surface area contributed by atoms with E-state index in [0.29, 0.717) is 17.5 Å². The fraction of sp³-hybridized carbons (Fsp3) is 0.200. The molecule has 1 aromatic carbocycles. The van der Waals surface area contributed by atoms with Gasteiger partial charge in [0, 0.05) is 5.69 Å². The number of thioether (sulfide) groups is 1. The van der Waals surface area contributed by atoms with E-state index in [9.17, 15) is 4.79 Å². The molecule has 0 saturated heterocycles. The van der Waals surface area contributed by atoms with E-state index in [0.717, 1.165) is 15.9 Å². The summed E-state index contributed by atoms with van der Waals surface area (Å²) in [4.78, 5) is 24.3. The first kappa shape index (κ1) is 17.6. The van der Waals surface area contributed by atoms with E-state index >= 15 is 0 Å². The number of nitrogens with zero attached hydrogens (tertiary/aromatic N) is 6. The second kappa shape index (κ2) is 7.35. The highest BCUT2D eigenvalue weighted by Crippen LogP contribution is 2.20. The third-order valence-corrected chi connectivity index (χ3v) is 4.38. The predicted octanol–water partition coefficient (Wildman–Crippen LogP) is 0.772. The number of nitrogens with one attached hydrogen (secondary N) is 1. The number of rotatable bonds is 5. The molecule has 0 aliphatic carbocycles. The Morgan fingerprint density at radius 2 is 1.92 bits per heavy atom. The van der Waals surface area contributed by atoms with Gasteiger partial charge in [0.1, 0.15) is 11.5 Å². The Hall–Kier alpha value is -3.21. The molecule has 0 radical (unpaired) electrons. The van der Waals surface area contributed by atoms with Crippen LogP contribution < -0.4 is 22.5 Å². The van der Waals surface area contributed by atoms with Gasteiger partial charge in [-0.2, -0.15) is 19.6 Å². The number of para-hydroxylation sites is 1. The molecule has 0 aliphatic heterocycles. The summed E-state index contributed by atoms with van der Waals surface area (Å²) in [6.07, 6.45) is 0. The van der Waals surface area contributed by atoms with Crippen LogP contribution in [0.5, 0.6) is 0 Å².